The Hall–Kier alpha value is 0.0899. The van der Waals surface area contributed by atoms with Gasteiger partial charge in [-0.25, -0.2) is 0 Å². The molecule has 0 fully saturated rings. The van der Waals surface area contributed by atoms with Crippen molar-refractivity contribution in [2.45, 2.75) is 6.82 Å². The van der Waals surface area contributed by atoms with Gasteiger partial charge in [0, 0.05) is 0 Å². The van der Waals surface area contributed by atoms with Crippen LogP contribution < -0.4 is 5.73 Å². The summed E-state index contributed by atoms with van der Waals surface area (Å²) in [7, 11) is 2.39. The zero-order valence-electron chi connectivity index (χ0n) is 3.70. The maximum Gasteiger partial charge on any atom is 0.103 e. The molecule has 0 saturated carbocycles. The van der Waals surface area contributed by atoms with Crippen molar-refractivity contribution in [3.8, 4) is 0 Å². The van der Waals surface area contributed by atoms with Crippen LogP contribution in [-0.4, -0.2) is 20.8 Å². The normalized spacial score (nSPS) is 6.80. The summed E-state index contributed by atoms with van der Waals surface area (Å²) in [5, 5.41) is 0. The SMILES string of the molecule is CBBCN. The number of hydrogen-bond donors (Lipinski definition) is 1. The molecule has 0 unspecified atom stereocenters. The van der Waals surface area contributed by atoms with Gasteiger partial charge in [0.25, 0.3) is 0 Å². The van der Waals surface area contributed by atoms with Crippen LogP contribution in [0.3, 0.4) is 0 Å². The van der Waals surface area contributed by atoms with Crippen LogP contribution in [0.15, 0.2) is 0 Å². The van der Waals surface area contributed by atoms with E-state index in [1.54, 1.807) is 0 Å². The molecule has 0 spiro atoms. The van der Waals surface area contributed by atoms with Crippen LogP contribution in [0.2, 0.25) is 6.82 Å². The lowest BCUT2D eigenvalue weighted by Crippen LogP contribution is -2.12. The molecule has 0 aromatic rings. The maximum atomic E-state index is 5.14. The zero-order chi connectivity index (χ0) is 4.12. The van der Waals surface area contributed by atoms with Crippen LogP contribution >= 0.6 is 0 Å². The van der Waals surface area contributed by atoms with Gasteiger partial charge in [-0.05, 0) is 6.44 Å². The van der Waals surface area contributed by atoms with Crippen LogP contribution in [0.25, 0.3) is 0 Å². The summed E-state index contributed by atoms with van der Waals surface area (Å²) in [5.41, 5.74) is 5.14. The molecule has 3 heteroatoms. The molecule has 0 aliphatic carbocycles. The number of nitrogens with two attached hydrogens (primary N) is 1. The number of rotatable bonds is 2. The average molecular weight is 68.7 g/mol. The predicted octanol–water partition coefficient (Wildman–Crippen LogP) is -1.26. The first-order valence-electron chi connectivity index (χ1n) is 2.12. The van der Waals surface area contributed by atoms with Crippen molar-refractivity contribution in [1.82, 2.24) is 0 Å². The average Bonchev–Trinajstić information content (AvgIpc) is 1.41. The van der Waals surface area contributed by atoms with Gasteiger partial charge in [-0.2, -0.15) is 0 Å². The Bertz CT molecular complexity index is 15.1. The minimum absolute atomic E-state index is 0.844. The third-order valence-corrected chi connectivity index (χ3v) is 0.558. The molecular formula is C2H9B2N. The van der Waals surface area contributed by atoms with Crippen LogP contribution in [-0.2, 0) is 0 Å². The molecule has 0 aromatic carbocycles. The van der Waals surface area contributed by atoms with E-state index < -0.39 is 0 Å². The van der Waals surface area contributed by atoms with Gasteiger partial charge in [0.15, 0.2) is 0 Å². The molecule has 0 bridgehead atoms. The van der Waals surface area contributed by atoms with Gasteiger partial charge in [-0.15, -0.1) is 0 Å². The Balaban J connectivity index is 2.19. The van der Waals surface area contributed by atoms with E-state index in [1.165, 1.54) is 14.3 Å². The fraction of sp³-hybridized carbons (Fsp3) is 1.00. The van der Waals surface area contributed by atoms with E-state index in [1.807, 2.05) is 0 Å². The fourth-order valence-corrected chi connectivity index (χ4v) is 0.204. The van der Waals surface area contributed by atoms with Crippen LogP contribution in [0.5, 0.6) is 0 Å². The summed E-state index contributed by atoms with van der Waals surface area (Å²) < 4.78 is 0. The third kappa shape index (κ3) is 4.09. The Kier molecular flexibility index (Phi) is 4.16. The minimum Gasteiger partial charge on any atom is -0.339 e. The molecule has 0 aliphatic rings. The second kappa shape index (κ2) is 4.09. The van der Waals surface area contributed by atoms with E-state index in [2.05, 4.69) is 6.82 Å². The van der Waals surface area contributed by atoms with Gasteiger partial charge >= 0.3 is 0 Å². The Morgan fingerprint density at radius 3 is 2.40 bits per heavy atom. The molecule has 0 saturated heterocycles. The van der Waals surface area contributed by atoms with Gasteiger partial charge in [-0.1, -0.05) is 6.82 Å². The lowest BCUT2D eigenvalue weighted by atomic mass is 9.41. The highest BCUT2D eigenvalue weighted by molar-refractivity contribution is 6.99. The predicted molar refractivity (Wildman–Crippen MR) is 29.2 cm³/mol. The molecule has 0 amide bonds. The Morgan fingerprint density at radius 1 is 1.80 bits per heavy atom. The van der Waals surface area contributed by atoms with Gasteiger partial charge in [0.2, 0.25) is 0 Å². The molecule has 0 rings (SSSR count). The highest BCUT2D eigenvalue weighted by Gasteiger charge is 1.75. The second-order valence-corrected chi connectivity index (χ2v) is 1.14. The third-order valence-electron chi connectivity index (χ3n) is 0.558. The molecule has 0 atom stereocenters. The van der Waals surface area contributed by atoms with E-state index in [0.29, 0.717) is 0 Å². The first-order valence-corrected chi connectivity index (χ1v) is 2.12. The molecule has 0 aromatic heterocycles. The van der Waals surface area contributed by atoms with Gasteiger partial charge in [0.05, 0.1) is 7.17 Å². The molecule has 0 heterocycles. The van der Waals surface area contributed by atoms with Crippen molar-refractivity contribution in [2.75, 3.05) is 6.44 Å². The maximum absolute atomic E-state index is 5.14. The van der Waals surface area contributed by atoms with E-state index in [4.69, 9.17) is 5.73 Å². The van der Waals surface area contributed by atoms with Crippen molar-refractivity contribution >= 4 is 14.3 Å². The summed E-state index contributed by atoms with van der Waals surface area (Å²) >= 11 is 0. The van der Waals surface area contributed by atoms with Crippen molar-refractivity contribution in [3.63, 3.8) is 0 Å². The highest BCUT2D eigenvalue weighted by atomic mass is 14.5. The van der Waals surface area contributed by atoms with Crippen molar-refractivity contribution in [2.24, 2.45) is 5.73 Å². The lowest BCUT2D eigenvalue weighted by Gasteiger charge is -1.74. The minimum atomic E-state index is 0.844. The van der Waals surface area contributed by atoms with Crippen LogP contribution in [0, 0.1) is 0 Å². The molecule has 5 heavy (non-hydrogen) atoms. The first kappa shape index (κ1) is 5.09. The van der Waals surface area contributed by atoms with Gasteiger partial charge < -0.3 is 5.73 Å². The zero-order valence-corrected chi connectivity index (χ0v) is 3.70. The van der Waals surface area contributed by atoms with E-state index in [0.717, 1.165) is 6.44 Å². The standard InChI is InChI=1S/C2H9B2N/c1-3-4-2-5/h3-4H,2,5H2,1H3. The summed E-state index contributed by atoms with van der Waals surface area (Å²) in [4.78, 5) is 0. The topological polar surface area (TPSA) is 26.0 Å². The number of hydrogen-bond acceptors (Lipinski definition) is 1. The molecular weight excluding hydrogens is 59.7 g/mol. The molecule has 2 N–H and O–H groups in total. The summed E-state index contributed by atoms with van der Waals surface area (Å²) in [6.45, 7) is 2.13. The molecule has 28 valence electrons. The summed E-state index contributed by atoms with van der Waals surface area (Å²) in [5.74, 6) is 0. The molecule has 0 radical (unpaired) electrons. The van der Waals surface area contributed by atoms with E-state index in [-0.39, 0.29) is 0 Å². The highest BCUT2D eigenvalue weighted by Crippen LogP contribution is 1.44. The molecule has 0 aliphatic heterocycles. The van der Waals surface area contributed by atoms with Crippen molar-refractivity contribution in [1.29, 1.82) is 0 Å². The first-order chi connectivity index (χ1) is 2.41. The van der Waals surface area contributed by atoms with Crippen LogP contribution in [0.4, 0.5) is 0 Å². The summed E-state index contributed by atoms with van der Waals surface area (Å²) in [6.07, 6.45) is 0.844. The van der Waals surface area contributed by atoms with E-state index >= 15 is 0 Å². The molecule has 1 nitrogen and oxygen atoms in total. The lowest BCUT2D eigenvalue weighted by molar-refractivity contribution is 1.38. The Labute approximate surface area is 34.4 Å². The van der Waals surface area contributed by atoms with Crippen molar-refractivity contribution < 1.29 is 0 Å². The van der Waals surface area contributed by atoms with Crippen molar-refractivity contribution in [3.05, 3.63) is 0 Å². The van der Waals surface area contributed by atoms with E-state index in [9.17, 15) is 0 Å². The monoisotopic (exact) mass is 69.1 g/mol. The fourth-order valence-electron chi connectivity index (χ4n) is 0.204. The van der Waals surface area contributed by atoms with Crippen LogP contribution in [0.1, 0.15) is 0 Å². The van der Waals surface area contributed by atoms with Gasteiger partial charge in [-0.3, -0.25) is 0 Å². The second-order valence-electron chi connectivity index (χ2n) is 1.14. The Morgan fingerprint density at radius 2 is 2.40 bits per heavy atom. The van der Waals surface area contributed by atoms with Gasteiger partial charge in [0.1, 0.15) is 7.17 Å². The quantitative estimate of drug-likeness (QED) is 0.402. The largest absolute Gasteiger partial charge is 0.339 e. The smallest absolute Gasteiger partial charge is 0.103 e. The summed E-state index contributed by atoms with van der Waals surface area (Å²) in [6, 6.07) is 0.